The van der Waals surface area contributed by atoms with Crippen molar-refractivity contribution in [1.29, 1.82) is 0 Å². The van der Waals surface area contributed by atoms with Gasteiger partial charge < -0.3 is 0 Å². The molecule has 0 aliphatic rings. The molecule has 5 heteroatoms. The highest BCUT2D eigenvalue weighted by Crippen LogP contribution is 2.29. The van der Waals surface area contributed by atoms with Gasteiger partial charge in [-0.15, -0.1) is 6.58 Å². The summed E-state index contributed by atoms with van der Waals surface area (Å²) in [6.07, 6.45) is 2.39. The molecule has 0 saturated heterocycles. The first-order chi connectivity index (χ1) is 10.6. The van der Waals surface area contributed by atoms with Crippen molar-refractivity contribution >= 4 is 34.2 Å². The molecule has 0 spiro atoms. The van der Waals surface area contributed by atoms with Gasteiger partial charge in [0, 0.05) is 5.56 Å². The molecular formula is C17H11Cl2FN2. The van der Waals surface area contributed by atoms with Gasteiger partial charge in [0.2, 0.25) is 0 Å². The largest absolute Gasteiger partial charge is 0.246 e. The molecule has 0 N–H and O–H groups in total. The van der Waals surface area contributed by atoms with Crippen molar-refractivity contribution < 1.29 is 4.39 Å². The maximum atomic E-state index is 13.4. The third kappa shape index (κ3) is 2.82. The van der Waals surface area contributed by atoms with Gasteiger partial charge in [-0.2, -0.15) is 0 Å². The fourth-order valence-electron chi connectivity index (χ4n) is 2.27. The molecule has 0 fully saturated rings. The highest BCUT2D eigenvalue weighted by molar-refractivity contribution is 6.31. The Hall–Kier alpha value is -1.97. The first-order valence-corrected chi connectivity index (χ1v) is 7.36. The molecule has 22 heavy (non-hydrogen) atoms. The molecule has 0 saturated carbocycles. The predicted octanol–water partition coefficient (Wildman–Crippen LogP) is 5.47. The number of hydrogen-bond acceptors (Lipinski definition) is 2. The Kier molecular flexibility index (Phi) is 4.10. The second-order valence-corrected chi connectivity index (χ2v) is 5.58. The van der Waals surface area contributed by atoms with E-state index in [0.717, 1.165) is 16.8 Å². The molecule has 2 aromatic heterocycles. The van der Waals surface area contributed by atoms with Crippen LogP contribution in [0.4, 0.5) is 4.39 Å². The standard InChI is InChI=1S/C17H11Cl2FN2/c1-2-3-10-9-15-14(6-7-16(19)21-15)22-17(10)11-4-5-13(20)12(18)8-11/h2,4-9H,1,3H2. The van der Waals surface area contributed by atoms with Gasteiger partial charge in [0.1, 0.15) is 11.0 Å². The molecule has 1 aromatic carbocycles. The van der Waals surface area contributed by atoms with Gasteiger partial charge in [0.15, 0.2) is 0 Å². The minimum atomic E-state index is -0.454. The zero-order valence-corrected chi connectivity index (χ0v) is 13.0. The second-order valence-electron chi connectivity index (χ2n) is 4.79. The summed E-state index contributed by atoms with van der Waals surface area (Å²) < 4.78 is 13.4. The third-order valence-corrected chi connectivity index (χ3v) is 3.77. The van der Waals surface area contributed by atoms with Crippen molar-refractivity contribution in [3.63, 3.8) is 0 Å². The molecule has 0 bridgehead atoms. The lowest BCUT2D eigenvalue weighted by molar-refractivity contribution is 0.628. The van der Waals surface area contributed by atoms with Gasteiger partial charge >= 0.3 is 0 Å². The lowest BCUT2D eigenvalue weighted by Gasteiger charge is -2.10. The number of aromatic nitrogens is 2. The van der Waals surface area contributed by atoms with Crippen LogP contribution in [-0.2, 0) is 6.42 Å². The Morgan fingerprint density at radius 1 is 1.05 bits per heavy atom. The fourth-order valence-corrected chi connectivity index (χ4v) is 2.61. The predicted molar refractivity (Wildman–Crippen MR) is 88.9 cm³/mol. The Labute approximate surface area is 137 Å². The van der Waals surface area contributed by atoms with Crippen LogP contribution in [0.1, 0.15) is 5.56 Å². The van der Waals surface area contributed by atoms with Crippen molar-refractivity contribution in [2.75, 3.05) is 0 Å². The van der Waals surface area contributed by atoms with Crippen LogP contribution in [0.2, 0.25) is 10.2 Å². The zero-order chi connectivity index (χ0) is 15.7. The quantitative estimate of drug-likeness (QED) is 0.469. The van der Waals surface area contributed by atoms with Crippen molar-refractivity contribution in [2.45, 2.75) is 6.42 Å². The van der Waals surface area contributed by atoms with E-state index >= 15 is 0 Å². The normalized spacial score (nSPS) is 10.9. The zero-order valence-electron chi connectivity index (χ0n) is 11.5. The highest BCUT2D eigenvalue weighted by Gasteiger charge is 2.11. The molecule has 0 unspecified atom stereocenters. The molecule has 110 valence electrons. The number of benzene rings is 1. The van der Waals surface area contributed by atoms with Crippen LogP contribution in [0.15, 0.2) is 49.1 Å². The first kappa shape index (κ1) is 14.9. The topological polar surface area (TPSA) is 25.8 Å². The Morgan fingerprint density at radius 3 is 2.59 bits per heavy atom. The van der Waals surface area contributed by atoms with Crippen LogP contribution in [0.3, 0.4) is 0 Å². The third-order valence-electron chi connectivity index (χ3n) is 3.27. The van der Waals surface area contributed by atoms with Crippen LogP contribution in [0, 0.1) is 5.82 Å². The van der Waals surface area contributed by atoms with Gasteiger partial charge in [0.25, 0.3) is 0 Å². The summed E-state index contributed by atoms with van der Waals surface area (Å²) in [7, 11) is 0. The summed E-state index contributed by atoms with van der Waals surface area (Å²) in [5, 5.41) is 0.481. The summed E-state index contributed by atoms with van der Waals surface area (Å²) in [4.78, 5) is 8.89. The van der Waals surface area contributed by atoms with Crippen molar-refractivity contribution in [2.24, 2.45) is 0 Å². The highest BCUT2D eigenvalue weighted by atomic mass is 35.5. The van der Waals surface area contributed by atoms with E-state index in [4.69, 9.17) is 23.2 Å². The summed E-state index contributed by atoms with van der Waals surface area (Å²) in [6, 6.07) is 9.97. The first-order valence-electron chi connectivity index (χ1n) is 6.61. The maximum Gasteiger partial charge on any atom is 0.141 e. The average Bonchev–Trinajstić information content (AvgIpc) is 2.50. The van der Waals surface area contributed by atoms with E-state index in [-0.39, 0.29) is 5.02 Å². The minimum Gasteiger partial charge on any atom is -0.246 e. The van der Waals surface area contributed by atoms with Crippen LogP contribution in [0.25, 0.3) is 22.3 Å². The van der Waals surface area contributed by atoms with Crippen LogP contribution < -0.4 is 0 Å². The molecule has 0 aliphatic heterocycles. The summed E-state index contributed by atoms with van der Waals surface area (Å²) in [5.74, 6) is -0.454. The van der Waals surface area contributed by atoms with Crippen molar-refractivity contribution in [1.82, 2.24) is 9.97 Å². The molecule has 3 rings (SSSR count). The summed E-state index contributed by atoms with van der Waals surface area (Å²) >= 11 is 11.8. The summed E-state index contributed by atoms with van der Waals surface area (Å²) in [6.45, 7) is 3.76. The number of fused-ring (bicyclic) bond motifs is 1. The smallest absolute Gasteiger partial charge is 0.141 e. The number of halogens is 3. The Bertz CT molecular complexity index is 878. The SMILES string of the molecule is C=CCc1cc2nc(Cl)ccc2nc1-c1ccc(F)c(Cl)c1. The van der Waals surface area contributed by atoms with Gasteiger partial charge in [-0.25, -0.2) is 14.4 Å². The number of nitrogens with zero attached hydrogens (tertiary/aromatic N) is 2. The van der Waals surface area contributed by atoms with Crippen LogP contribution >= 0.6 is 23.2 Å². The van der Waals surface area contributed by atoms with Gasteiger partial charge in [-0.05, 0) is 48.4 Å². The minimum absolute atomic E-state index is 0.0678. The Morgan fingerprint density at radius 2 is 1.86 bits per heavy atom. The molecule has 3 aromatic rings. The molecule has 2 heterocycles. The molecule has 0 aliphatic carbocycles. The molecular weight excluding hydrogens is 322 g/mol. The van der Waals surface area contributed by atoms with Crippen LogP contribution in [-0.4, -0.2) is 9.97 Å². The number of rotatable bonds is 3. The van der Waals surface area contributed by atoms with Gasteiger partial charge in [-0.1, -0.05) is 29.3 Å². The lowest BCUT2D eigenvalue weighted by Crippen LogP contribution is -1.95. The van der Waals surface area contributed by atoms with Gasteiger partial charge in [-0.3, -0.25) is 0 Å². The number of hydrogen-bond donors (Lipinski definition) is 0. The second kappa shape index (κ2) is 6.03. The molecule has 0 radical (unpaired) electrons. The maximum absolute atomic E-state index is 13.4. The van der Waals surface area contributed by atoms with E-state index in [2.05, 4.69) is 16.5 Å². The molecule has 0 amide bonds. The fraction of sp³-hybridized carbons (Fsp3) is 0.0588. The van der Waals surface area contributed by atoms with Crippen LogP contribution in [0.5, 0.6) is 0 Å². The number of allylic oxidation sites excluding steroid dienone is 1. The molecule has 0 atom stereocenters. The van der Waals surface area contributed by atoms with E-state index in [9.17, 15) is 4.39 Å². The number of pyridine rings is 2. The van der Waals surface area contributed by atoms with E-state index in [0.29, 0.717) is 22.6 Å². The molecule has 2 nitrogen and oxygen atoms in total. The van der Waals surface area contributed by atoms with Crippen molar-refractivity contribution in [3.8, 4) is 11.3 Å². The summed E-state index contributed by atoms with van der Waals surface area (Å²) in [5.41, 5.74) is 3.84. The van der Waals surface area contributed by atoms with Crippen molar-refractivity contribution in [3.05, 3.63) is 70.6 Å². The van der Waals surface area contributed by atoms with E-state index in [1.807, 2.05) is 6.07 Å². The monoisotopic (exact) mass is 332 g/mol. The Balaban J connectivity index is 2.25. The van der Waals surface area contributed by atoms with E-state index in [1.165, 1.54) is 6.07 Å². The van der Waals surface area contributed by atoms with E-state index < -0.39 is 5.82 Å². The van der Waals surface area contributed by atoms with E-state index in [1.54, 1.807) is 30.3 Å². The average molecular weight is 333 g/mol. The van der Waals surface area contributed by atoms with Gasteiger partial charge in [0.05, 0.1) is 21.7 Å². The lowest BCUT2D eigenvalue weighted by atomic mass is 10.0.